The van der Waals surface area contributed by atoms with E-state index in [1.54, 1.807) is 24.6 Å². The van der Waals surface area contributed by atoms with Gasteiger partial charge in [-0.2, -0.15) is 0 Å². The first-order valence-electron chi connectivity index (χ1n) is 8.18. The summed E-state index contributed by atoms with van der Waals surface area (Å²) in [6, 6.07) is 5.73. The van der Waals surface area contributed by atoms with Crippen molar-refractivity contribution in [1.82, 2.24) is 15.3 Å². The van der Waals surface area contributed by atoms with Gasteiger partial charge in [-0.3, -0.25) is 4.79 Å². The summed E-state index contributed by atoms with van der Waals surface area (Å²) in [5, 5.41) is 2.82. The maximum absolute atomic E-state index is 12.3. The first-order valence-corrected chi connectivity index (χ1v) is 8.18. The van der Waals surface area contributed by atoms with Crippen molar-refractivity contribution in [3.05, 3.63) is 42.1 Å². The van der Waals surface area contributed by atoms with Crippen LogP contribution in [0.4, 0.5) is 5.95 Å². The van der Waals surface area contributed by atoms with Crippen LogP contribution in [0.2, 0.25) is 0 Å². The van der Waals surface area contributed by atoms with Gasteiger partial charge in [0.05, 0.1) is 12.8 Å². The molecule has 23 heavy (non-hydrogen) atoms. The van der Waals surface area contributed by atoms with Gasteiger partial charge in [0.25, 0.3) is 5.91 Å². The summed E-state index contributed by atoms with van der Waals surface area (Å²) in [7, 11) is 0. The van der Waals surface area contributed by atoms with Crippen LogP contribution in [0.25, 0.3) is 0 Å². The highest BCUT2D eigenvalue weighted by Crippen LogP contribution is 2.23. The molecule has 0 aliphatic carbocycles. The molecule has 3 heterocycles. The van der Waals surface area contributed by atoms with Gasteiger partial charge in [0.15, 0.2) is 0 Å². The van der Waals surface area contributed by atoms with Crippen LogP contribution in [0, 0.1) is 0 Å². The van der Waals surface area contributed by atoms with Crippen molar-refractivity contribution in [3.8, 4) is 0 Å². The summed E-state index contributed by atoms with van der Waals surface area (Å²) in [5.74, 6) is 1.16. The molecule has 1 amide bonds. The molecule has 1 N–H and O–H groups in total. The molecule has 6 heteroatoms. The predicted octanol–water partition coefficient (Wildman–Crippen LogP) is 2.77. The molecule has 2 aromatic heterocycles. The number of hydrogen-bond donors (Lipinski definition) is 1. The fraction of sp³-hybridized carbons (Fsp3) is 0.471. The summed E-state index contributed by atoms with van der Waals surface area (Å²) in [6.07, 6.45) is 7.87. The second-order valence-corrected chi connectivity index (χ2v) is 5.76. The summed E-state index contributed by atoms with van der Waals surface area (Å²) < 4.78 is 5.21. The molecule has 0 saturated carbocycles. The third-order valence-electron chi connectivity index (χ3n) is 4.23. The van der Waals surface area contributed by atoms with E-state index in [0.717, 1.165) is 31.6 Å². The number of rotatable bonds is 5. The SMILES string of the molecule is CCC1CCCCN1c1nccc(C(=O)NCc2ccco2)n1. The van der Waals surface area contributed by atoms with Crippen LogP contribution in [0.1, 0.15) is 48.9 Å². The Labute approximate surface area is 135 Å². The van der Waals surface area contributed by atoms with Gasteiger partial charge < -0.3 is 14.6 Å². The van der Waals surface area contributed by atoms with Crippen LogP contribution in [0.5, 0.6) is 0 Å². The normalized spacial score (nSPS) is 18.0. The van der Waals surface area contributed by atoms with Gasteiger partial charge in [-0.15, -0.1) is 0 Å². The van der Waals surface area contributed by atoms with Crippen molar-refractivity contribution in [2.24, 2.45) is 0 Å². The number of furan rings is 1. The van der Waals surface area contributed by atoms with Crippen LogP contribution in [0.15, 0.2) is 35.1 Å². The smallest absolute Gasteiger partial charge is 0.270 e. The molecule has 122 valence electrons. The molecule has 1 fully saturated rings. The number of carbonyl (C=O) groups is 1. The van der Waals surface area contributed by atoms with Crippen molar-refractivity contribution in [2.45, 2.75) is 45.2 Å². The van der Waals surface area contributed by atoms with E-state index in [1.807, 2.05) is 6.07 Å². The van der Waals surface area contributed by atoms with Gasteiger partial charge >= 0.3 is 0 Å². The maximum Gasteiger partial charge on any atom is 0.270 e. The first kappa shape index (κ1) is 15.5. The minimum atomic E-state index is -0.213. The summed E-state index contributed by atoms with van der Waals surface area (Å²) in [5.41, 5.74) is 0.391. The summed E-state index contributed by atoms with van der Waals surface area (Å²) in [6.45, 7) is 3.49. The van der Waals surface area contributed by atoms with Gasteiger partial charge in [-0.25, -0.2) is 9.97 Å². The van der Waals surface area contributed by atoms with Crippen molar-refractivity contribution in [3.63, 3.8) is 0 Å². The standard InChI is InChI=1S/C17H22N4O2/c1-2-13-6-3-4-10-21(13)17-18-9-8-15(20-17)16(22)19-12-14-7-5-11-23-14/h5,7-9,11,13H,2-4,6,10,12H2,1H3,(H,19,22). The number of aromatic nitrogens is 2. The Morgan fingerprint density at radius 3 is 3.13 bits per heavy atom. The van der Waals surface area contributed by atoms with Gasteiger partial charge in [0, 0.05) is 18.8 Å². The molecule has 0 aromatic carbocycles. The highest BCUT2D eigenvalue weighted by Gasteiger charge is 2.23. The molecule has 3 rings (SSSR count). The Bertz CT molecular complexity index is 642. The molecule has 1 aliphatic rings. The van der Waals surface area contributed by atoms with Gasteiger partial charge in [-0.05, 0) is 43.9 Å². The minimum Gasteiger partial charge on any atom is -0.467 e. The molecule has 0 spiro atoms. The van der Waals surface area contributed by atoms with E-state index in [4.69, 9.17) is 4.42 Å². The van der Waals surface area contributed by atoms with E-state index in [-0.39, 0.29) is 5.91 Å². The largest absolute Gasteiger partial charge is 0.467 e. The number of anilines is 1. The lowest BCUT2D eigenvalue weighted by atomic mass is 10.0. The molecule has 1 atom stereocenters. The number of nitrogens with zero attached hydrogens (tertiary/aromatic N) is 3. The minimum absolute atomic E-state index is 0.213. The van der Waals surface area contributed by atoms with Crippen LogP contribution in [0.3, 0.4) is 0 Å². The van der Waals surface area contributed by atoms with Gasteiger partial charge in [0.1, 0.15) is 11.5 Å². The third kappa shape index (κ3) is 3.70. The summed E-state index contributed by atoms with van der Waals surface area (Å²) in [4.78, 5) is 23.3. The van der Waals surface area contributed by atoms with Crippen LogP contribution in [-0.2, 0) is 6.54 Å². The Hall–Kier alpha value is -2.37. The number of hydrogen-bond acceptors (Lipinski definition) is 5. The third-order valence-corrected chi connectivity index (χ3v) is 4.23. The molecule has 1 aliphatic heterocycles. The molecule has 2 aromatic rings. The van der Waals surface area contributed by atoms with E-state index >= 15 is 0 Å². The van der Waals surface area contributed by atoms with Gasteiger partial charge in [0.2, 0.25) is 5.95 Å². The number of piperidine rings is 1. The number of amides is 1. The second-order valence-electron chi connectivity index (χ2n) is 5.76. The number of nitrogens with one attached hydrogen (secondary N) is 1. The number of carbonyl (C=O) groups excluding carboxylic acids is 1. The van der Waals surface area contributed by atoms with E-state index in [0.29, 0.717) is 24.2 Å². The summed E-state index contributed by atoms with van der Waals surface area (Å²) >= 11 is 0. The lowest BCUT2D eigenvalue weighted by Crippen LogP contribution is -2.40. The topological polar surface area (TPSA) is 71.3 Å². The zero-order valence-corrected chi connectivity index (χ0v) is 13.4. The van der Waals surface area contributed by atoms with Crippen LogP contribution in [-0.4, -0.2) is 28.5 Å². The zero-order chi connectivity index (χ0) is 16.1. The van der Waals surface area contributed by atoms with Gasteiger partial charge in [-0.1, -0.05) is 6.92 Å². The Morgan fingerprint density at radius 1 is 1.43 bits per heavy atom. The maximum atomic E-state index is 12.3. The van der Waals surface area contributed by atoms with Crippen LogP contribution < -0.4 is 10.2 Å². The Balaban J connectivity index is 1.70. The van der Waals surface area contributed by atoms with Crippen LogP contribution >= 0.6 is 0 Å². The molecular formula is C17H22N4O2. The van der Waals surface area contributed by atoms with E-state index in [9.17, 15) is 4.79 Å². The predicted molar refractivity (Wildman–Crippen MR) is 87.2 cm³/mol. The van der Waals surface area contributed by atoms with Crippen molar-refractivity contribution in [1.29, 1.82) is 0 Å². The fourth-order valence-electron chi connectivity index (χ4n) is 2.97. The monoisotopic (exact) mass is 314 g/mol. The van der Waals surface area contributed by atoms with E-state index in [2.05, 4.69) is 27.1 Å². The lowest BCUT2D eigenvalue weighted by molar-refractivity contribution is 0.0943. The van der Waals surface area contributed by atoms with Crippen molar-refractivity contribution in [2.75, 3.05) is 11.4 Å². The highest BCUT2D eigenvalue weighted by atomic mass is 16.3. The van der Waals surface area contributed by atoms with E-state index in [1.165, 1.54) is 6.42 Å². The quantitative estimate of drug-likeness (QED) is 0.919. The van der Waals surface area contributed by atoms with E-state index < -0.39 is 0 Å². The van der Waals surface area contributed by atoms with Crippen molar-refractivity contribution < 1.29 is 9.21 Å². The first-order chi connectivity index (χ1) is 11.3. The highest BCUT2D eigenvalue weighted by molar-refractivity contribution is 5.92. The average molecular weight is 314 g/mol. The average Bonchev–Trinajstić information content (AvgIpc) is 3.13. The molecule has 0 bridgehead atoms. The fourth-order valence-corrected chi connectivity index (χ4v) is 2.97. The molecule has 1 unspecified atom stereocenters. The molecule has 1 saturated heterocycles. The Kier molecular flexibility index (Phi) is 4.90. The second kappa shape index (κ2) is 7.26. The Morgan fingerprint density at radius 2 is 2.35 bits per heavy atom. The molecule has 0 radical (unpaired) electrons. The lowest BCUT2D eigenvalue weighted by Gasteiger charge is -2.35. The zero-order valence-electron chi connectivity index (χ0n) is 13.4. The van der Waals surface area contributed by atoms with Crippen molar-refractivity contribution >= 4 is 11.9 Å². The molecule has 6 nitrogen and oxygen atoms in total. The molecular weight excluding hydrogens is 292 g/mol.